The van der Waals surface area contributed by atoms with E-state index in [0.717, 1.165) is 11.1 Å². The molecule has 0 nitrogen and oxygen atoms in total. The second-order valence-electron chi connectivity index (χ2n) is 4.30. The molecule has 1 saturated carbocycles. The van der Waals surface area contributed by atoms with Gasteiger partial charge in [0.15, 0.2) is 0 Å². The second kappa shape index (κ2) is 3.04. The van der Waals surface area contributed by atoms with E-state index < -0.39 is 11.8 Å². The summed E-state index contributed by atoms with van der Waals surface area (Å²) >= 11 is 0. The van der Waals surface area contributed by atoms with Crippen LogP contribution in [0.5, 0.6) is 0 Å². The molecule has 1 aliphatic rings. The highest BCUT2D eigenvalue weighted by Gasteiger charge is 2.58. The molecule has 1 aliphatic carbocycles. The number of halogens is 2. The fourth-order valence-electron chi connectivity index (χ4n) is 1.90. The van der Waals surface area contributed by atoms with Gasteiger partial charge >= 0.3 is 0 Å². The third-order valence-electron chi connectivity index (χ3n) is 2.82. The highest BCUT2D eigenvalue weighted by molar-refractivity contribution is 5.38. The van der Waals surface area contributed by atoms with Gasteiger partial charge in [0.1, 0.15) is 0 Å². The summed E-state index contributed by atoms with van der Waals surface area (Å²) in [7, 11) is 0. The van der Waals surface area contributed by atoms with E-state index in [2.05, 4.69) is 0 Å². The van der Waals surface area contributed by atoms with Crippen LogP contribution in [0.2, 0.25) is 0 Å². The van der Waals surface area contributed by atoms with Crippen molar-refractivity contribution >= 4 is 0 Å². The lowest BCUT2D eigenvalue weighted by atomic mass is 9.94. The Bertz CT molecular complexity index is 342. The molecule has 0 aromatic heterocycles. The molecule has 0 spiro atoms. The quantitative estimate of drug-likeness (QED) is 0.672. The Hall–Kier alpha value is -0.920. The van der Waals surface area contributed by atoms with Gasteiger partial charge in [0, 0.05) is 6.42 Å². The number of hydrogen-bond acceptors (Lipinski definition) is 0. The summed E-state index contributed by atoms with van der Waals surface area (Å²) in [5.74, 6) is -2.66. The van der Waals surface area contributed by atoms with Gasteiger partial charge in [-0.3, -0.25) is 0 Å². The van der Waals surface area contributed by atoms with E-state index in [-0.39, 0.29) is 6.42 Å². The van der Waals surface area contributed by atoms with Crippen LogP contribution in [0, 0.1) is 0 Å². The Labute approximate surface area is 82.9 Å². The average molecular weight is 196 g/mol. The standard InChI is InChI=1S/C12H14F2/c1-8(2)9-5-3-4-6-10(9)11-7-12(11,13)14/h3-6,8,11H,7H2,1-2H3/t11-/m1/s1. The SMILES string of the molecule is CC(C)c1ccccc1[C@H]1CC1(F)F. The Morgan fingerprint density at radius 3 is 2.36 bits per heavy atom. The van der Waals surface area contributed by atoms with E-state index in [4.69, 9.17) is 0 Å². The van der Waals surface area contributed by atoms with E-state index in [1.807, 2.05) is 38.1 Å². The van der Waals surface area contributed by atoms with Crippen LogP contribution in [0.25, 0.3) is 0 Å². The van der Waals surface area contributed by atoms with Gasteiger partial charge in [0.25, 0.3) is 5.92 Å². The summed E-state index contributed by atoms with van der Waals surface area (Å²) in [6.45, 7) is 4.08. The van der Waals surface area contributed by atoms with Gasteiger partial charge in [0.2, 0.25) is 0 Å². The van der Waals surface area contributed by atoms with Crippen LogP contribution in [0.1, 0.15) is 43.2 Å². The molecule has 76 valence electrons. The molecule has 1 aromatic rings. The van der Waals surface area contributed by atoms with Crippen LogP contribution in [-0.4, -0.2) is 5.92 Å². The van der Waals surface area contributed by atoms with E-state index in [1.165, 1.54) is 0 Å². The molecular weight excluding hydrogens is 182 g/mol. The van der Waals surface area contributed by atoms with Crippen molar-refractivity contribution in [1.82, 2.24) is 0 Å². The lowest BCUT2D eigenvalue weighted by Crippen LogP contribution is -1.99. The van der Waals surface area contributed by atoms with Crippen LogP contribution < -0.4 is 0 Å². The van der Waals surface area contributed by atoms with Crippen molar-refractivity contribution in [3.05, 3.63) is 35.4 Å². The second-order valence-corrected chi connectivity index (χ2v) is 4.30. The monoisotopic (exact) mass is 196 g/mol. The summed E-state index contributed by atoms with van der Waals surface area (Å²) < 4.78 is 25.9. The Kier molecular flexibility index (Phi) is 2.09. The van der Waals surface area contributed by atoms with Gasteiger partial charge in [0.05, 0.1) is 5.92 Å². The van der Waals surface area contributed by atoms with E-state index >= 15 is 0 Å². The molecule has 0 saturated heterocycles. The van der Waals surface area contributed by atoms with Gasteiger partial charge in [-0.15, -0.1) is 0 Å². The van der Waals surface area contributed by atoms with Crippen LogP contribution in [-0.2, 0) is 0 Å². The zero-order chi connectivity index (χ0) is 10.3. The first-order chi connectivity index (χ1) is 6.52. The topological polar surface area (TPSA) is 0 Å². The molecule has 1 atom stereocenters. The fourth-order valence-corrected chi connectivity index (χ4v) is 1.90. The van der Waals surface area contributed by atoms with Crippen LogP contribution in [0.15, 0.2) is 24.3 Å². The van der Waals surface area contributed by atoms with Crippen LogP contribution in [0.4, 0.5) is 8.78 Å². The molecule has 0 bridgehead atoms. The largest absolute Gasteiger partial charge is 0.255 e. The number of benzene rings is 1. The molecule has 0 N–H and O–H groups in total. The molecule has 0 amide bonds. The molecular formula is C12H14F2. The first-order valence-corrected chi connectivity index (χ1v) is 4.99. The van der Waals surface area contributed by atoms with Crippen molar-refractivity contribution in [3.8, 4) is 0 Å². The average Bonchev–Trinajstić information content (AvgIpc) is 2.75. The van der Waals surface area contributed by atoms with Crippen LogP contribution in [0.3, 0.4) is 0 Å². The lowest BCUT2D eigenvalue weighted by molar-refractivity contribution is 0.112. The molecule has 2 rings (SSSR count). The third-order valence-corrected chi connectivity index (χ3v) is 2.82. The molecule has 0 radical (unpaired) electrons. The first-order valence-electron chi connectivity index (χ1n) is 4.99. The van der Waals surface area contributed by atoms with E-state index in [9.17, 15) is 8.78 Å². The van der Waals surface area contributed by atoms with Crippen molar-refractivity contribution in [2.75, 3.05) is 0 Å². The van der Waals surface area contributed by atoms with Gasteiger partial charge < -0.3 is 0 Å². The zero-order valence-corrected chi connectivity index (χ0v) is 8.43. The van der Waals surface area contributed by atoms with Gasteiger partial charge in [-0.25, -0.2) is 8.78 Å². The summed E-state index contributed by atoms with van der Waals surface area (Å²) in [6, 6.07) is 7.55. The number of hydrogen-bond donors (Lipinski definition) is 0. The van der Waals surface area contributed by atoms with Crippen molar-refractivity contribution in [2.45, 2.75) is 38.0 Å². The van der Waals surface area contributed by atoms with Crippen molar-refractivity contribution < 1.29 is 8.78 Å². The Balaban J connectivity index is 2.34. The smallest absolute Gasteiger partial charge is 0.206 e. The molecule has 14 heavy (non-hydrogen) atoms. The molecule has 2 heteroatoms. The third kappa shape index (κ3) is 1.54. The normalized spacial score (nSPS) is 23.9. The summed E-state index contributed by atoms with van der Waals surface area (Å²) in [5.41, 5.74) is 1.90. The van der Waals surface area contributed by atoms with E-state index in [0.29, 0.717) is 5.92 Å². The Morgan fingerprint density at radius 2 is 1.86 bits per heavy atom. The first kappa shape index (κ1) is 9.63. The van der Waals surface area contributed by atoms with E-state index in [1.54, 1.807) is 0 Å². The lowest BCUT2D eigenvalue weighted by Gasteiger charge is -2.11. The van der Waals surface area contributed by atoms with Crippen molar-refractivity contribution in [2.24, 2.45) is 0 Å². The van der Waals surface area contributed by atoms with Crippen LogP contribution >= 0.6 is 0 Å². The molecule has 1 aromatic carbocycles. The highest BCUT2D eigenvalue weighted by atomic mass is 19.3. The summed E-state index contributed by atoms with van der Waals surface area (Å²) in [5, 5.41) is 0. The minimum atomic E-state index is -2.45. The maximum Gasteiger partial charge on any atom is 0.255 e. The number of rotatable bonds is 2. The van der Waals surface area contributed by atoms with Crippen molar-refractivity contribution in [3.63, 3.8) is 0 Å². The summed E-state index contributed by atoms with van der Waals surface area (Å²) in [4.78, 5) is 0. The fraction of sp³-hybridized carbons (Fsp3) is 0.500. The minimum absolute atomic E-state index is 0.0245. The minimum Gasteiger partial charge on any atom is -0.206 e. The Morgan fingerprint density at radius 1 is 1.29 bits per heavy atom. The van der Waals surface area contributed by atoms with Gasteiger partial charge in [-0.05, 0) is 17.0 Å². The molecule has 0 heterocycles. The maximum absolute atomic E-state index is 12.9. The zero-order valence-electron chi connectivity index (χ0n) is 8.43. The summed E-state index contributed by atoms with van der Waals surface area (Å²) in [6.07, 6.45) is 0.0245. The molecule has 0 unspecified atom stereocenters. The van der Waals surface area contributed by atoms with Gasteiger partial charge in [-0.1, -0.05) is 38.1 Å². The van der Waals surface area contributed by atoms with Crippen molar-refractivity contribution in [1.29, 1.82) is 0 Å². The number of alkyl halides is 2. The molecule has 0 aliphatic heterocycles. The highest BCUT2D eigenvalue weighted by Crippen LogP contribution is 2.56. The predicted octanol–water partition coefficient (Wildman–Crippen LogP) is 3.93. The maximum atomic E-state index is 12.9. The van der Waals surface area contributed by atoms with Gasteiger partial charge in [-0.2, -0.15) is 0 Å². The molecule has 1 fully saturated rings. The predicted molar refractivity (Wildman–Crippen MR) is 52.8 cm³/mol.